The molecule has 0 aromatic heterocycles. The van der Waals surface area contributed by atoms with Crippen LogP contribution in [0.2, 0.25) is 0 Å². The van der Waals surface area contributed by atoms with E-state index in [1.165, 1.54) is 32.1 Å². The lowest BCUT2D eigenvalue weighted by atomic mass is 10.1. The molecule has 0 atom stereocenters. The summed E-state index contributed by atoms with van der Waals surface area (Å²) in [4.78, 5) is 0. The first-order valence-corrected chi connectivity index (χ1v) is 7.53. The molecule has 0 amide bonds. The van der Waals surface area contributed by atoms with Gasteiger partial charge in [-0.05, 0) is 18.6 Å². The van der Waals surface area contributed by atoms with Gasteiger partial charge in [-0.3, -0.25) is 0 Å². The molecule has 1 heterocycles. The van der Waals surface area contributed by atoms with Gasteiger partial charge in [0.25, 0.3) is 0 Å². The van der Waals surface area contributed by atoms with Gasteiger partial charge < -0.3 is 14.8 Å². The van der Waals surface area contributed by atoms with Crippen molar-refractivity contribution < 1.29 is 9.47 Å². The Kier molecular flexibility index (Phi) is 5.86. The average molecular weight is 263 g/mol. The summed E-state index contributed by atoms with van der Waals surface area (Å²) in [6.45, 7) is 4.77. The monoisotopic (exact) mass is 263 g/mol. The third-order valence-corrected chi connectivity index (χ3v) is 3.36. The van der Waals surface area contributed by atoms with Crippen molar-refractivity contribution in [3.63, 3.8) is 0 Å². The van der Waals surface area contributed by atoms with E-state index in [1.807, 2.05) is 12.1 Å². The van der Waals surface area contributed by atoms with Crippen LogP contribution in [0.5, 0.6) is 11.5 Å². The summed E-state index contributed by atoms with van der Waals surface area (Å²) >= 11 is 0. The third kappa shape index (κ3) is 4.66. The minimum absolute atomic E-state index is 0.744. The molecule has 19 heavy (non-hydrogen) atoms. The van der Waals surface area contributed by atoms with E-state index in [1.54, 1.807) is 0 Å². The smallest absolute Gasteiger partial charge is 0.163 e. The first kappa shape index (κ1) is 14.0. The predicted octanol–water partition coefficient (Wildman–Crippen LogP) is 4.23. The van der Waals surface area contributed by atoms with Gasteiger partial charge in [0.2, 0.25) is 0 Å². The Hall–Kier alpha value is -1.38. The molecule has 0 aliphatic carbocycles. The molecule has 0 bridgehead atoms. The van der Waals surface area contributed by atoms with E-state index < -0.39 is 0 Å². The number of anilines is 1. The molecule has 1 aromatic rings. The summed E-state index contributed by atoms with van der Waals surface area (Å²) in [5.74, 6) is 1.74. The van der Waals surface area contributed by atoms with Crippen LogP contribution < -0.4 is 14.8 Å². The summed E-state index contributed by atoms with van der Waals surface area (Å²) in [5, 5.41) is 3.46. The molecular weight excluding hydrogens is 238 g/mol. The lowest BCUT2D eigenvalue weighted by molar-refractivity contribution is 0.297. The van der Waals surface area contributed by atoms with Gasteiger partial charge in [0.05, 0.1) is 13.2 Å². The molecule has 106 valence electrons. The molecule has 3 heteroatoms. The first-order valence-electron chi connectivity index (χ1n) is 7.53. The van der Waals surface area contributed by atoms with E-state index in [0.29, 0.717) is 0 Å². The van der Waals surface area contributed by atoms with Gasteiger partial charge in [-0.25, -0.2) is 0 Å². The molecule has 0 spiro atoms. The van der Waals surface area contributed by atoms with Crippen molar-refractivity contribution in [2.75, 3.05) is 25.1 Å². The van der Waals surface area contributed by atoms with Crippen LogP contribution in [0, 0.1) is 0 Å². The topological polar surface area (TPSA) is 30.5 Å². The minimum atomic E-state index is 0.744. The fourth-order valence-corrected chi connectivity index (χ4v) is 2.23. The highest BCUT2D eigenvalue weighted by molar-refractivity contribution is 5.54. The van der Waals surface area contributed by atoms with Crippen LogP contribution in [0.4, 0.5) is 5.69 Å². The van der Waals surface area contributed by atoms with Crippen molar-refractivity contribution in [3.8, 4) is 11.5 Å². The summed E-state index contributed by atoms with van der Waals surface area (Å²) < 4.78 is 11.3. The van der Waals surface area contributed by atoms with E-state index in [-0.39, 0.29) is 0 Å². The Labute approximate surface area is 116 Å². The molecule has 0 radical (unpaired) electrons. The highest BCUT2D eigenvalue weighted by Gasteiger charge is 2.10. The summed E-state index contributed by atoms with van der Waals surface area (Å²) in [5.41, 5.74) is 1.12. The van der Waals surface area contributed by atoms with E-state index in [2.05, 4.69) is 18.3 Å². The number of hydrogen-bond donors (Lipinski definition) is 1. The standard InChI is InChI=1S/C16H25NO2/c1-2-3-4-5-6-10-17-14-8-9-15-16(13-14)19-12-7-11-18-15/h8-9,13,17H,2-7,10-12H2,1H3. The SMILES string of the molecule is CCCCCCCNc1ccc2c(c1)OCCCO2. The number of rotatable bonds is 7. The normalized spacial score (nSPS) is 13.9. The van der Waals surface area contributed by atoms with Gasteiger partial charge in [0.15, 0.2) is 11.5 Å². The molecule has 0 saturated heterocycles. The van der Waals surface area contributed by atoms with Crippen LogP contribution in [0.15, 0.2) is 18.2 Å². The quantitative estimate of drug-likeness (QED) is 0.747. The first-order chi connectivity index (χ1) is 9.40. The summed E-state index contributed by atoms with van der Waals surface area (Å²) in [6.07, 6.45) is 7.49. The highest BCUT2D eigenvalue weighted by atomic mass is 16.5. The van der Waals surface area contributed by atoms with Gasteiger partial charge >= 0.3 is 0 Å². The molecule has 0 unspecified atom stereocenters. The Balaban J connectivity index is 1.76. The Bertz CT molecular complexity index is 379. The number of benzene rings is 1. The van der Waals surface area contributed by atoms with Crippen LogP contribution in [0.3, 0.4) is 0 Å². The Morgan fingerprint density at radius 3 is 2.63 bits per heavy atom. The molecule has 3 nitrogen and oxygen atoms in total. The number of nitrogens with one attached hydrogen (secondary N) is 1. The molecule has 0 saturated carbocycles. The molecule has 1 aliphatic rings. The van der Waals surface area contributed by atoms with Crippen LogP contribution in [0.1, 0.15) is 45.4 Å². The van der Waals surface area contributed by atoms with Gasteiger partial charge in [-0.1, -0.05) is 32.6 Å². The van der Waals surface area contributed by atoms with Crippen molar-refractivity contribution in [2.45, 2.75) is 45.4 Å². The number of ether oxygens (including phenoxy) is 2. The van der Waals surface area contributed by atoms with Crippen molar-refractivity contribution >= 4 is 5.69 Å². The zero-order valence-corrected chi connectivity index (χ0v) is 11.9. The predicted molar refractivity (Wildman–Crippen MR) is 79.3 cm³/mol. The number of hydrogen-bond acceptors (Lipinski definition) is 3. The van der Waals surface area contributed by atoms with Gasteiger partial charge in [0, 0.05) is 24.7 Å². The Morgan fingerprint density at radius 2 is 1.79 bits per heavy atom. The van der Waals surface area contributed by atoms with Crippen LogP contribution in [0.25, 0.3) is 0 Å². The van der Waals surface area contributed by atoms with Crippen LogP contribution in [-0.2, 0) is 0 Å². The Morgan fingerprint density at radius 1 is 1.00 bits per heavy atom. The average Bonchev–Trinajstić information content (AvgIpc) is 2.67. The summed E-state index contributed by atoms with van der Waals surface area (Å²) in [6, 6.07) is 6.12. The second-order valence-corrected chi connectivity index (χ2v) is 5.05. The second-order valence-electron chi connectivity index (χ2n) is 5.05. The van der Waals surface area contributed by atoms with Crippen molar-refractivity contribution in [2.24, 2.45) is 0 Å². The molecular formula is C16H25NO2. The van der Waals surface area contributed by atoms with Crippen molar-refractivity contribution in [1.29, 1.82) is 0 Å². The fraction of sp³-hybridized carbons (Fsp3) is 0.625. The maximum absolute atomic E-state index is 5.68. The maximum atomic E-state index is 5.68. The zero-order chi connectivity index (χ0) is 13.3. The van der Waals surface area contributed by atoms with E-state index >= 15 is 0 Å². The van der Waals surface area contributed by atoms with Crippen LogP contribution in [-0.4, -0.2) is 19.8 Å². The van der Waals surface area contributed by atoms with Gasteiger partial charge in [-0.15, -0.1) is 0 Å². The molecule has 1 N–H and O–H groups in total. The van der Waals surface area contributed by atoms with Gasteiger partial charge in [-0.2, -0.15) is 0 Å². The zero-order valence-electron chi connectivity index (χ0n) is 11.9. The lowest BCUT2D eigenvalue weighted by Gasteiger charge is -2.11. The number of unbranched alkanes of at least 4 members (excludes halogenated alkanes) is 4. The van der Waals surface area contributed by atoms with E-state index in [0.717, 1.165) is 43.4 Å². The molecule has 2 rings (SSSR count). The lowest BCUT2D eigenvalue weighted by Crippen LogP contribution is -2.02. The van der Waals surface area contributed by atoms with Crippen LogP contribution >= 0.6 is 0 Å². The fourth-order valence-electron chi connectivity index (χ4n) is 2.23. The maximum Gasteiger partial charge on any atom is 0.163 e. The summed E-state index contributed by atoms with van der Waals surface area (Å²) in [7, 11) is 0. The minimum Gasteiger partial charge on any atom is -0.490 e. The molecule has 1 aliphatic heterocycles. The number of fused-ring (bicyclic) bond motifs is 1. The van der Waals surface area contributed by atoms with E-state index in [9.17, 15) is 0 Å². The van der Waals surface area contributed by atoms with Crippen molar-refractivity contribution in [1.82, 2.24) is 0 Å². The molecule has 0 fully saturated rings. The van der Waals surface area contributed by atoms with E-state index in [4.69, 9.17) is 9.47 Å². The van der Waals surface area contributed by atoms with Crippen molar-refractivity contribution in [3.05, 3.63) is 18.2 Å². The molecule has 1 aromatic carbocycles. The third-order valence-electron chi connectivity index (χ3n) is 3.36. The highest BCUT2D eigenvalue weighted by Crippen LogP contribution is 2.32. The largest absolute Gasteiger partial charge is 0.490 e. The second kappa shape index (κ2) is 7.93. The van der Waals surface area contributed by atoms with Gasteiger partial charge in [0.1, 0.15) is 0 Å².